The Bertz CT molecular complexity index is 407. The van der Waals surface area contributed by atoms with Gasteiger partial charge in [-0.25, -0.2) is 0 Å². The lowest BCUT2D eigenvalue weighted by molar-refractivity contribution is -0.139. The normalized spacial score (nSPS) is 18.3. The number of aryl methyl sites for hydroxylation is 1. The van der Waals surface area contributed by atoms with Gasteiger partial charge in [0.15, 0.2) is 0 Å². The summed E-state index contributed by atoms with van der Waals surface area (Å²) in [6, 6.07) is 9.13. The minimum Gasteiger partial charge on any atom is -0.481 e. The summed E-state index contributed by atoms with van der Waals surface area (Å²) < 4.78 is 0. The zero-order chi connectivity index (χ0) is 13.1. The van der Waals surface area contributed by atoms with Crippen LogP contribution in [0.3, 0.4) is 0 Å². The van der Waals surface area contributed by atoms with E-state index in [1.54, 1.807) is 0 Å². The second-order valence-electron chi connectivity index (χ2n) is 5.19. The fraction of sp³-hybridized carbons (Fsp3) is 0.533. The fourth-order valence-electron chi connectivity index (χ4n) is 2.54. The monoisotopic (exact) mass is 247 g/mol. The predicted molar refractivity (Wildman–Crippen MR) is 71.6 cm³/mol. The van der Waals surface area contributed by atoms with E-state index in [4.69, 9.17) is 5.11 Å². The van der Waals surface area contributed by atoms with Crippen molar-refractivity contribution >= 4 is 5.97 Å². The smallest absolute Gasteiger partial charge is 0.303 e. The van der Waals surface area contributed by atoms with Gasteiger partial charge in [0, 0.05) is 19.1 Å². The molecule has 1 aromatic rings. The van der Waals surface area contributed by atoms with Crippen molar-refractivity contribution in [1.29, 1.82) is 0 Å². The molecule has 1 atom stereocenters. The van der Waals surface area contributed by atoms with E-state index < -0.39 is 5.97 Å². The summed E-state index contributed by atoms with van der Waals surface area (Å²) >= 11 is 0. The van der Waals surface area contributed by atoms with Crippen molar-refractivity contribution in [3.63, 3.8) is 0 Å². The van der Waals surface area contributed by atoms with Gasteiger partial charge in [-0.15, -0.1) is 0 Å². The van der Waals surface area contributed by atoms with Crippen LogP contribution in [0.25, 0.3) is 0 Å². The molecule has 1 N–H and O–H groups in total. The number of carboxylic acids is 1. The van der Waals surface area contributed by atoms with Crippen LogP contribution in [0.15, 0.2) is 24.3 Å². The predicted octanol–water partition coefficient (Wildman–Crippen LogP) is 2.72. The third-order valence-electron chi connectivity index (χ3n) is 3.87. The average molecular weight is 247 g/mol. The molecule has 98 valence electrons. The highest BCUT2D eigenvalue weighted by Crippen LogP contribution is 2.29. The van der Waals surface area contributed by atoms with Crippen molar-refractivity contribution in [2.24, 2.45) is 5.92 Å². The van der Waals surface area contributed by atoms with Crippen LogP contribution in [0.5, 0.6) is 0 Å². The molecular weight excluding hydrogens is 226 g/mol. The molecule has 1 aliphatic rings. The fourth-order valence-corrected chi connectivity index (χ4v) is 2.54. The molecule has 0 saturated carbocycles. The number of hydrogen-bond acceptors (Lipinski definition) is 2. The Labute approximate surface area is 108 Å². The van der Waals surface area contributed by atoms with Crippen LogP contribution in [-0.4, -0.2) is 29.1 Å². The van der Waals surface area contributed by atoms with E-state index in [1.165, 1.54) is 11.1 Å². The first-order valence-electron chi connectivity index (χ1n) is 6.64. The maximum atomic E-state index is 10.6. The molecule has 2 rings (SSSR count). The Kier molecular flexibility index (Phi) is 4.02. The Morgan fingerprint density at radius 3 is 2.50 bits per heavy atom. The van der Waals surface area contributed by atoms with Crippen molar-refractivity contribution in [3.8, 4) is 0 Å². The van der Waals surface area contributed by atoms with Gasteiger partial charge in [0.1, 0.15) is 0 Å². The molecule has 3 nitrogen and oxygen atoms in total. The maximum Gasteiger partial charge on any atom is 0.303 e. The topological polar surface area (TPSA) is 40.5 Å². The molecule has 0 amide bonds. The minimum absolute atomic E-state index is 0.304. The van der Waals surface area contributed by atoms with Crippen LogP contribution < -0.4 is 0 Å². The first kappa shape index (κ1) is 13.1. The van der Waals surface area contributed by atoms with Gasteiger partial charge in [-0.2, -0.15) is 0 Å². The minimum atomic E-state index is -0.681. The van der Waals surface area contributed by atoms with Crippen LogP contribution in [0.1, 0.15) is 37.4 Å². The second kappa shape index (κ2) is 5.53. The zero-order valence-corrected chi connectivity index (χ0v) is 11.1. The van der Waals surface area contributed by atoms with Crippen LogP contribution in [0.4, 0.5) is 0 Å². The average Bonchev–Trinajstić information content (AvgIpc) is 2.32. The van der Waals surface area contributed by atoms with Crippen LogP contribution in [0, 0.1) is 5.92 Å². The number of benzene rings is 1. The summed E-state index contributed by atoms with van der Waals surface area (Å²) in [5.74, 6) is -0.348. The number of carbonyl (C=O) groups is 1. The lowest BCUT2D eigenvalue weighted by Gasteiger charge is -2.43. The molecule has 0 spiro atoms. The molecule has 0 aliphatic carbocycles. The summed E-state index contributed by atoms with van der Waals surface area (Å²) in [6.07, 6.45) is 1.37. The van der Waals surface area contributed by atoms with E-state index in [0.717, 1.165) is 19.5 Å². The Balaban J connectivity index is 1.88. The van der Waals surface area contributed by atoms with Gasteiger partial charge in [-0.3, -0.25) is 9.69 Å². The molecule has 1 unspecified atom stereocenters. The summed E-state index contributed by atoms with van der Waals surface area (Å²) in [7, 11) is 0. The van der Waals surface area contributed by atoms with Gasteiger partial charge in [0.05, 0.1) is 6.42 Å². The molecule has 0 bridgehead atoms. The number of nitrogens with zero attached hydrogens (tertiary/aromatic N) is 1. The largest absolute Gasteiger partial charge is 0.481 e. The van der Waals surface area contributed by atoms with Crippen molar-refractivity contribution in [3.05, 3.63) is 35.4 Å². The van der Waals surface area contributed by atoms with E-state index in [2.05, 4.69) is 43.0 Å². The Morgan fingerprint density at radius 2 is 2.00 bits per heavy atom. The van der Waals surface area contributed by atoms with E-state index in [1.807, 2.05) is 0 Å². The number of likely N-dealkylation sites (tertiary alicyclic amines) is 1. The quantitative estimate of drug-likeness (QED) is 0.869. The van der Waals surface area contributed by atoms with Crippen molar-refractivity contribution in [1.82, 2.24) is 4.90 Å². The molecule has 18 heavy (non-hydrogen) atoms. The molecule has 1 fully saturated rings. The summed E-state index contributed by atoms with van der Waals surface area (Å²) in [5.41, 5.74) is 2.68. The van der Waals surface area contributed by atoms with Crippen molar-refractivity contribution in [2.45, 2.75) is 32.7 Å². The van der Waals surface area contributed by atoms with Crippen LogP contribution >= 0.6 is 0 Å². The van der Waals surface area contributed by atoms with E-state index >= 15 is 0 Å². The van der Waals surface area contributed by atoms with Gasteiger partial charge in [0.2, 0.25) is 0 Å². The molecule has 1 aliphatic heterocycles. The van der Waals surface area contributed by atoms with Gasteiger partial charge >= 0.3 is 5.97 Å². The van der Waals surface area contributed by atoms with E-state index in [-0.39, 0.29) is 0 Å². The lowest BCUT2D eigenvalue weighted by atomic mass is 9.92. The molecule has 3 heteroatoms. The van der Waals surface area contributed by atoms with Crippen molar-refractivity contribution in [2.75, 3.05) is 13.1 Å². The summed E-state index contributed by atoms with van der Waals surface area (Å²) in [6.45, 7) is 6.16. The van der Waals surface area contributed by atoms with E-state index in [0.29, 0.717) is 18.4 Å². The molecule has 1 aromatic carbocycles. The number of rotatable bonds is 5. The molecule has 1 heterocycles. The first-order valence-corrected chi connectivity index (χ1v) is 6.64. The van der Waals surface area contributed by atoms with Gasteiger partial charge in [0.25, 0.3) is 0 Å². The molecule has 0 radical (unpaired) electrons. The number of carboxylic acid groups (broad SMARTS) is 1. The third kappa shape index (κ3) is 2.91. The van der Waals surface area contributed by atoms with Gasteiger partial charge < -0.3 is 5.11 Å². The SMILES string of the molecule is CCc1ccc(C(C)N2CC(CC(=O)O)C2)cc1. The number of aliphatic carboxylic acids is 1. The van der Waals surface area contributed by atoms with Gasteiger partial charge in [-0.05, 0) is 30.4 Å². The first-order chi connectivity index (χ1) is 8.60. The number of hydrogen-bond donors (Lipinski definition) is 1. The zero-order valence-electron chi connectivity index (χ0n) is 11.1. The second-order valence-corrected chi connectivity index (χ2v) is 5.19. The van der Waals surface area contributed by atoms with Crippen LogP contribution in [0.2, 0.25) is 0 Å². The molecule has 1 saturated heterocycles. The Hall–Kier alpha value is -1.35. The van der Waals surface area contributed by atoms with Gasteiger partial charge in [-0.1, -0.05) is 31.2 Å². The highest BCUT2D eigenvalue weighted by molar-refractivity contribution is 5.67. The maximum absolute atomic E-state index is 10.6. The van der Waals surface area contributed by atoms with E-state index in [9.17, 15) is 4.79 Å². The highest BCUT2D eigenvalue weighted by atomic mass is 16.4. The Morgan fingerprint density at radius 1 is 1.39 bits per heavy atom. The summed E-state index contributed by atoms with van der Waals surface area (Å²) in [4.78, 5) is 12.9. The molecule has 0 aromatic heterocycles. The van der Waals surface area contributed by atoms with Crippen LogP contribution in [-0.2, 0) is 11.2 Å². The highest BCUT2D eigenvalue weighted by Gasteiger charge is 2.31. The summed E-state index contributed by atoms with van der Waals surface area (Å²) in [5, 5.41) is 8.73. The van der Waals surface area contributed by atoms with Crippen molar-refractivity contribution < 1.29 is 9.90 Å². The third-order valence-corrected chi connectivity index (χ3v) is 3.87. The standard InChI is InChI=1S/C15H21NO2/c1-3-12-4-6-14(7-5-12)11(2)16-9-13(10-16)8-15(17)18/h4-7,11,13H,3,8-10H2,1-2H3,(H,17,18). The lowest BCUT2D eigenvalue weighted by Crippen LogP contribution is -2.48. The molecular formula is C15H21NO2.